The number of aromatic amines is 1. The molecule has 0 bridgehead atoms. The first-order chi connectivity index (χ1) is 5.75. The number of nitrogens with zero attached hydrogens (tertiary/aromatic N) is 2. The van der Waals surface area contributed by atoms with Crippen molar-refractivity contribution in [2.24, 2.45) is 5.16 Å². The number of halogens is 1. The first-order valence-corrected chi connectivity index (χ1v) is 3.99. The van der Waals surface area contributed by atoms with Gasteiger partial charge in [-0.1, -0.05) is 16.8 Å². The van der Waals surface area contributed by atoms with Gasteiger partial charge in [-0.3, -0.25) is 5.10 Å². The summed E-state index contributed by atoms with van der Waals surface area (Å²) in [5.74, 6) is 0. The van der Waals surface area contributed by atoms with Crippen molar-refractivity contribution in [1.82, 2.24) is 10.2 Å². The van der Waals surface area contributed by atoms with Gasteiger partial charge in [0, 0.05) is 5.69 Å². The summed E-state index contributed by atoms with van der Waals surface area (Å²) in [4.78, 5) is 4.79. The molecule has 4 nitrogen and oxygen atoms in total. The maximum Gasteiger partial charge on any atom is 0.159 e. The molecule has 0 saturated heterocycles. The second-order valence-corrected chi connectivity index (χ2v) is 2.56. The Morgan fingerprint density at radius 3 is 3.00 bits per heavy atom. The first-order valence-electron chi connectivity index (χ1n) is 3.61. The maximum absolute atomic E-state index is 5.73. The normalized spacial score (nSPS) is 10.9. The van der Waals surface area contributed by atoms with E-state index in [-0.39, 0.29) is 0 Å². The molecular formula is C7H10ClN3O. The van der Waals surface area contributed by atoms with Crippen LogP contribution in [0.3, 0.4) is 0 Å². The molecule has 0 radical (unpaired) electrons. The van der Waals surface area contributed by atoms with Gasteiger partial charge in [-0.15, -0.1) is 0 Å². The molecule has 1 aromatic rings. The maximum atomic E-state index is 5.73. The van der Waals surface area contributed by atoms with Crippen molar-refractivity contribution in [2.45, 2.75) is 13.8 Å². The standard InChI is InChI=1S/C7H10ClN3O/c1-3-12-9-4-6-5(2)10-11-7(6)8/h4H,3H2,1-2H3,(H,10,11)/b9-4+. The molecular weight excluding hydrogens is 178 g/mol. The minimum atomic E-state index is 0.413. The van der Waals surface area contributed by atoms with Crippen molar-refractivity contribution in [3.05, 3.63) is 16.4 Å². The van der Waals surface area contributed by atoms with E-state index in [4.69, 9.17) is 16.4 Å². The third-order valence-electron chi connectivity index (χ3n) is 1.33. The van der Waals surface area contributed by atoms with Gasteiger partial charge in [-0.2, -0.15) is 5.10 Å². The van der Waals surface area contributed by atoms with Gasteiger partial charge in [0.2, 0.25) is 0 Å². The van der Waals surface area contributed by atoms with E-state index in [9.17, 15) is 0 Å². The van der Waals surface area contributed by atoms with Gasteiger partial charge < -0.3 is 4.84 Å². The van der Waals surface area contributed by atoms with Gasteiger partial charge in [0.1, 0.15) is 6.61 Å². The molecule has 0 saturated carbocycles. The highest BCUT2D eigenvalue weighted by atomic mass is 35.5. The molecule has 0 aliphatic rings. The van der Waals surface area contributed by atoms with Crippen LogP contribution in [-0.4, -0.2) is 23.0 Å². The van der Waals surface area contributed by atoms with Crippen molar-refractivity contribution in [1.29, 1.82) is 0 Å². The number of aromatic nitrogens is 2. The zero-order valence-electron chi connectivity index (χ0n) is 6.97. The minimum Gasteiger partial charge on any atom is -0.396 e. The summed E-state index contributed by atoms with van der Waals surface area (Å²) in [5.41, 5.74) is 1.65. The average molecular weight is 188 g/mol. The summed E-state index contributed by atoms with van der Waals surface area (Å²) >= 11 is 5.73. The Labute approximate surface area is 75.6 Å². The van der Waals surface area contributed by atoms with Crippen LogP contribution in [-0.2, 0) is 4.84 Å². The molecule has 5 heteroatoms. The van der Waals surface area contributed by atoms with Crippen LogP contribution in [0.15, 0.2) is 5.16 Å². The Morgan fingerprint density at radius 1 is 1.75 bits per heavy atom. The van der Waals surface area contributed by atoms with Gasteiger partial charge >= 0.3 is 0 Å². The van der Waals surface area contributed by atoms with E-state index < -0.39 is 0 Å². The summed E-state index contributed by atoms with van der Waals surface area (Å²) in [6.07, 6.45) is 1.55. The second kappa shape index (κ2) is 4.11. The van der Waals surface area contributed by atoms with E-state index in [1.807, 2.05) is 13.8 Å². The summed E-state index contributed by atoms with van der Waals surface area (Å²) in [5, 5.41) is 10.6. The Balaban J connectivity index is 2.73. The smallest absolute Gasteiger partial charge is 0.159 e. The third kappa shape index (κ3) is 1.98. The zero-order chi connectivity index (χ0) is 8.97. The average Bonchev–Trinajstić information content (AvgIpc) is 2.35. The van der Waals surface area contributed by atoms with Gasteiger partial charge in [0.05, 0.1) is 11.8 Å². The highest BCUT2D eigenvalue weighted by Gasteiger charge is 2.04. The number of nitrogens with one attached hydrogen (secondary N) is 1. The fourth-order valence-corrected chi connectivity index (χ4v) is 0.955. The molecule has 1 rings (SSSR count). The molecule has 1 heterocycles. The molecule has 1 aromatic heterocycles. The van der Waals surface area contributed by atoms with Gasteiger partial charge in [0.25, 0.3) is 0 Å². The fourth-order valence-electron chi connectivity index (χ4n) is 0.723. The fraction of sp³-hybridized carbons (Fsp3) is 0.429. The van der Waals surface area contributed by atoms with E-state index in [0.29, 0.717) is 11.8 Å². The van der Waals surface area contributed by atoms with E-state index in [1.54, 1.807) is 6.21 Å². The topological polar surface area (TPSA) is 50.3 Å². The lowest BCUT2D eigenvalue weighted by Crippen LogP contribution is -1.85. The molecule has 12 heavy (non-hydrogen) atoms. The summed E-state index contributed by atoms with van der Waals surface area (Å²) in [6, 6.07) is 0. The predicted molar refractivity (Wildman–Crippen MR) is 47.6 cm³/mol. The van der Waals surface area contributed by atoms with Crippen molar-refractivity contribution in [2.75, 3.05) is 6.61 Å². The van der Waals surface area contributed by atoms with Gasteiger partial charge in [-0.25, -0.2) is 0 Å². The van der Waals surface area contributed by atoms with Crippen molar-refractivity contribution >= 4 is 17.8 Å². The van der Waals surface area contributed by atoms with Crippen molar-refractivity contribution in [3.8, 4) is 0 Å². The van der Waals surface area contributed by atoms with E-state index in [2.05, 4.69) is 15.4 Å². The SMILES string of the molecule is CCO/N=C/c1c(Cl)n[nH]c1C. The first kappa shape index (κ1) is 9.06. The summed E-state index contributed by atoms with van der Waals surface area (Å²) < 4.78 is 0. The molecule has 0 aliphatic carbocycles. The van der Waals surface area contributed by atoms with Crippen LogP contribution in [0.4, 0.5) is 0 Å². The third-order valence-corrected chi connectivity index (χ3v) is 1.62. The van der Waals surface area contributed by atoms with Crippen LogP contribution >= 0.6 is 11.6 Å². The molecule has 66 valence electrons. The highest BCUT2D eigenvalue weighted by Crippen LogP contribution is 2.12. The number of rotatable bonds is 3. The molecule has 0 aromatic carbocycles. The lowest BCUT2D eigenvalue weighted by Gasteiger charge is -1.91. The monoisotopic (exact) mass is 187 g/mol. The summed E-state index contributed by atoms with van der Waals surface area (Å²) in [7, 11) is 0. The van der Waals surface area contributed by atoms with Crippen LogP contribution in [0.1, 0.15) is 18.2 Å². The predicted octanol–water partition coefficient (Wildman–Crippen LogP) is 1.74. The molecule has 0 fully saturated rings. The van der Waals surface area contributed by atoms with Crippen molar-refractivity contribution in [3.63, 3.8) is 0 Å². The molecule has 0 amide bonds. The Bertz CT molecular complexity index is 263. The second-order valence-electron chi connectivity index (χ2n) is 2.21. The van der Waals surface area contributed by atoms with E-state index in [1.165, 1.54) is 0 Å². The molecule has 0 atom stereocenters. The van der Waals surface area contributed by atoms with Crippen LogP contribution in [0, 0.1) is 6.92 Å². The number of H-pyrrole nitrogens is 1. The molecule has 0 aliphatic heterocycles. The lowest BCUT2D eigenvalue weighted by molar-refractivity contribution is 0.160. The Kier molecular flexibility index (Phi) is 3.10. The van der Waals surface area contributed by atoms with Crippen LogP contribution in [0.25, 0.3) is 0 Å². The van der Waals surface area contributed by atoms with E-state index >= 15 is 0 Å². The minimum absolute atomic E-state index is 0.413. The molecule has 1 N–H and O–H groups in total. The van der Waals surface area contributed by atoms with Crippen LogP contribution in [0.2, 0.25) is 5.15 Å². The number of aryl methyl sites for hydroxylation is 1. The molecule has 0 unspecified atom stereocenters. The Morgan fingerprint density at radius 2 is 2.50 bits per heavy atom. The number of oxime groups is 1. The van der Waals surface area contributed by atoms with Crippen molar-refractivity contribution < 1.29 is 4.84 Å². The lowest BCUT2D eigenvalue weighted by atomic mass is 10.3. The highest BCUT2D eigenvalue weighted by molar-refractivity contribution is 6.32. The Hall–Kier alpha value is -1.03. The van der Waals surface area contributed by atoms with Gasteiger partial charge in [0.15, 0.2) is 5.15 Å². The zero-order valence-corrected chi connectivity index (χ0v) is 7.72. The number of hydrogen-bond donors (Lipinski definition) is 1. The summed E-state index contributed by atoms with van der Waals surface area (Å²) in [6.45, 7) is 4.28. The van der Waals surface area contributed by atoms with Crippen LogP contribution in [0.5, 0.6) is 0 Å². The van der Waals surface area contributed by atoms with E-state index in [0.717, 1.165) is 11.3 Å². The molecule has 0 spiro atoms. The number of hydrogen-bond acceptors (Lipinski definition) is 3. The van der Waals surface area contributed by atoms with Gasteiger partial charge in [-0.05, 0) is 13.8 Å². The quantitative estimate of drug-likeness (QED) is 0.579. The largest absolute Gasteiger partial charge is 0.396 e. The van der Waals surface area contributed by atoms with Crippen LogP contribution < -0.4 is 0 Å².